The highest BCUT2D eigenvalue weighted by molar-refractivity contribution is 6.34. The van der Waals surface area contributed by atoms with E-state index in [4.69, 9.17) is 23.2 Å². The van der Waals surface area contributed by atoms with E-state index in [1.165, 1.54) is 0 Å². The molecular weight excluding hydrogens is 309 g/mol. The van der Waals surface area contributed by atoms with E-state index in [-0.39, 0.29) is 17.7 Å². The van der Waals surface area contributed by atoms with E-state index < -0.39 is 0 Å². The Hall–Kier alpha value is -1.81. The van der Waals surface area contributed by atoms with Gasteiger partial charge in [0.2, 0.25) is 0 Å². The van der Waals surface area contributed by atoms with E-state index in [1.807, 2.05) is 18.2 Å². The van der Waals surface area contributed by atoms with Crippen molar-refractivity contribution < 1.29 is 5.11 Å². The van der Waals surface area contributed by atoms with Crippen LogP contribution in [0.4, 0.5) is 0 Å². The van der Waals surface area contributed by atoms with Gasteiger partial charge >= 0.3 is 0 Å². The van der Waals surface area contributed by atoms with E-state index in [1.54, 1.807) is 24.3 Å². The molecule has 1 heterocycles. The standard InChI is InChI=1S/C16H11Cl2NO2/c17-9-5-6-14-11(7-9)15(12(8-20)16(21)19-14)10-3-1-2-4-13(10)18/h1-7,20H,8H2,(H,19,21). The molecule has 0 spiro atoms. The van der Waals surface area contributed by atoms with Crippen molar-refractivity contribution in [2.75, 3.05) is 0 Å². The fourth-order valence-electron chi connectivity index (χ4n) is 2.43. The van der Waals surface area contributed by atoms with Crippen LogP contribution in [-0.2, 0) is 6.61 Å². The number of aliphatic hydroxyl groups is 1. The van der Waals surface area contributed by atoms with Crippen LogP contribution in [0, 0.1) is 0 Å². The van der Waals surface area contributed by atoms with E-state index >= 15 is 0 Å². The molecule has 0 saturated heterocycles. The molecule has 3 nitrogen and oxygen atoms in total. The summed E-state index contributed by atoms with van der Waals surface area (Å²) >= 11 is 12.3. The van der Waals surface area contributed by atoms with Gasteiger partial charge in [-0.25, -0.2) is 0 Å². The second kappa shape index (κ2) is 5.53. The number of benzene rings is 2. The number of nitrogens with one attached hydrogen (secondary N) is 1. The largest absolute Gasteiger partial charge is 0.391 e. The van der Waals surface area contributed by atoms with Crippen molar-refractivity contribution in [1.82, 2.24) is 4.98 Å². The molecule has 0 amide bonds. The zero-order chi connectivity index (χ0) is 15.0. The SMILES string of the molecule is O=c1[nH]c2ccc(Cl)cc2c(-c2ccccc2Cl)c1CO. The molecule has 0 aliphatic heterocycles. The molecule has 0 unspecified atom stereocenters. The molecule has 0 aliphatic carbocycles. The molecule has 3 rings (SSSR count). The Balaban J connectivity index is 2.51. The van der Waals surface area contributed by atoms with Gasteiger partial charge in [0.05, 0.1) is 12.2 Å². The molecule has 0 fully saturated rings. The Morgan fingerprint density at radius 3 is 2.57 bits per heavy atom. The van der Waals surface area contributed by atoms with Crippen LogP contribution in [0.15, 0.2) is 47.3 Å². The van der Waals surface area contributed by atoms with Crippen molar-refractivity contribution in [2.45, 2.75) is 6.61 Å². The van der Waals surface area contributed by atoms with Gasteiger partial charge in [-0.1, -0.05) is 41.4 Å². The molecule has 0 aliphatic rings. The summed E-state index contributed by atoms with van der Waals surface area (Å²) in [7, 11) is 0. The zero-order valence-electron chi connectivity index (χ0n) is 10.9. The van der Waals surface area contributed by atoms with Gasteiger partial charge < -0.3 is 10.1 Å². The summed E-state index contributed by atoms with van der Waals surface area (Å²) in [6.07, 6.45) is 0. The maximum atomic E-state index is 12.2. The van der Waals surface area contributed by atoms with Crippen molar-refractivity contribution in [1.29, 1.82) is 0 Å². The average molecular weight is 320 g/mol. The Labute approximate surface area is 130 Å². The first kappa shape index (κ1) is 14.1. The molecule has 2 N–H and O–H groups in total. The minimum absolute atomic E-state index is 0.276. The van der Waals surface area contributed by atoms with Crippen molar-refractivity contribution >= 4 is 34.1 Å². The second-order valence-electron chi connectivity index (χ2n) is 4.64. The number of halogens is 2. The van der Waals surface area contributed by atoms with Gasteiger partial charge in [-0.3, -0.25) is 4.79 Å². The summed E-state index contributed by atoms with van der Waals surface area (Å²) in [5.41, 5.74) is 1.91. The van der Waals surface area contributed by atoms with Crippen molar-refractivity contribution in [2.24, 2.45) is 0 Å². The summed E-state index contributed by atoms with van der Waals surface area (Å²) in [5, 5.41) is 11.4. The lowest BCUT2D eigenvalue weighted by Gasteiger charge is -2.13. The third kappa shape index (κ3) is 2.44. The highest BCUT2D eigenvalue weighted by Gasteiger charge is 2.16. The second-order valence-corrected chi connectivity index (χ2v) is 5.48. The Morgan fingerprint density at radius 2 is 1.86 bits per heavy atom. The number of aliphatic hydroxyl groups excluding tert-OH is 1. The summed E-state index contributed by atoms with van der Waals surface area (Å²) in [6.45, 7) is -0.377. The summed E-state index contributed by atoms with van der Waals surface area (Å²) < 4.78 is 0. The van der Waals surface area contributed by atoms with Gasteiger partial charge in [0.25, 0.3) is 5.56 Å². The highest BCUT2D eigenvalue weighted by atomic mass is 35.5. The van der Waals surface area contributed by atoms with E-state index in [9.17, 15) is 9.90 Å². The topological polar surface area (TPSA) is 53.1 Å². The molecule has 106 valence electrons. The maximum Gasteiger partial charge on any atom is 0.254 e. The van der Waals surface area contributed by atoms with Crippen molar-refractivity contribution in [3.8, 4) is 11.1 Å². The molecule has 0 bridgehead atoms. The molecule has 5 heteroatoms. The molecular formula is C16H11Cl2NO2. The fraction of sp³-hybridized carbons (Fsp3) is 0.0625. The van der Waals surface area contributed by atoms with Crippen LogP contribution in [0.1, 0.15) is 5.56 Å². The van der Waals surface area contributed by atoms with Gasteiger partial charge in [-0.2, -0.15) is 0 Å². The first-order valence-electron chi connectivity index (χ1n) is 6.32. The van der Waals surface area contributed by atoms with Crippen LogP contribution in [0.3, 0.4) is 0 Å². The van der Waals surface area contributed by atoms with E-state index in [0.717, 1.165) is 5.39 Å². The van der Waals surface area contributed by atoms with Gasteiger partial charge in [-0.15, -0.1) is 0 Å². The number of aromatic nitrogens is 1. The Bertz CT molecular complexity index is 887. The molecule has 3 aromatic rings. The minimum Gasteiger partial charge on any atom is -0.391 e. The van der Waals surface area contributed by atoms with Crippen LogP contribution in [0.2, 0.25) is 10.0 Å². The van der Waals surface area contributed by atoms with Crippen LogP contribution in [0.25, 0.3) is 22.0 Å². The van der Waals surface area contributed by atoms with Crippen molar-refractivity contribution in [3.63, 3.8) is 0 Å². The third-order valence-corrected chi connectivity index (χ3v) is 3.94. The lowest BCUT2D eigenvalue weighted by atomic mass is 9.96. The monoisotopic (exact) mass is 319 g/mol. The highest BCUT2D eigenvalue weighted by Crippen LogP contribution is 2.35. The Kier molecular flexibility index (Phi) is 3.72. The average Bonchev–Trinajstić information content (AvgIpc) is 2.47. The first-order chi connectivity index (χ1) is 10.1. The molecule has 0 saturated carbocycles. The number of aromatic amines is 1. The predicted molar refractivity (Wildman–Crippen MR) is 85.9 cm³/mol. The summed E-state index contributed by atoms with van der Waals surface area (Å²) in [6, 6.07) is 12.4. The van der Waals surface area contributed by atoms with E-state index in [0.29, 0.717) is 26.7 Å². The lowest BCUT2D eigenvalue weighted by molar-refractivity contribution is 0.281. The quantitative estimate of drug-likeness (QED) is 0.750. The predicted octanol–water partition coefficient (Wildman–Crippen LogP) is 3.99. The zero-order valence-corrected chi connectivity index (χ0v) is 12.4. The van der Waals surface area contributed by atoms with E-state index in [2.05, 4.69) is 4.98 Å². The number of hydrogen-bond acceptors (Lipinski definition) is 2. The molecule has 0 radical (unpaired) electrons. The number of rotatable bonds is 2. The van der Waals surface area contributed by atoms with Gasteiger partial charge in [0.1, 0.15) is 0 Å². The summed E-state index contributed by atoms with van der Waals surface area (Å²) in [4.78, 5) is 14.9. The molecule has 2 aromatic carbocycles. The molecule has 0 atom stereocenters. The van der Waals surface area contributed by atoms with Crippen LogP contribution >= 0.6 is 23.2 Å². The van der Waals surface area contributed by atoms with Gasteiger partial charge in [0, 0.05) is 32.1 Å². The Morgan fingerprint density at radius 1 is 1.10 bits per heavy atom. The first-order valence-corrected chi connectivity index (χ1v) is 7.07. The van der Waals surface area contributed by atoms with Gasteiger partial charge in [0.15, 0.2) is 0 Å². The summed E-state index contributed by atoms with van der Waals surface area (Å²) in [5.74, 6) is 0. The normalized spacial score (nSPS) is 11.0. The smallest absolute Gasteiger partial charge is 0.254 e. The maximum absolute atomic E-state index is 12.2. The minimum atomic E-state index is -0.377. The third-order valence-electron chi connectivity index (χ3n) is 3.38. The number of fused-ring (bicyclic) bond motifs is 1. The lowest BCUT2D eigenvalue weighted by Crippen LogP contribution is -2.14. The molecule has 1 aromatic heterocycles. The van der Waals surface area contributed by atoms with Crippen LogP contribution < -0.4 is 5.56 Å². The number of pyridine rings is 1. The molecule has 21 heavy (non-hydrogen) atoms. The number of hydrogen-bond donors (Lipinski definition) is 2. The number of H-pyrrole nitrogens is 1. The fourth-order valence-corrected chi connectivity index (χ4v) is 2.83. The van der Waals surface area contributed by atoms with Crippen molar-refractivity contribution in [3.05, 3.63) is 68.4 Å². The van der Waals surface area contributed by atoms with Crippen LogP contribution in [-0.4, -0.2) is 10.1 Å². The van der Waals surface area contributed by atoms with Crippen LogP contribution in [0.5, 0.6) is 0 Å². The van der Waals surface area contributed by atoms with Gasteiger partial charge in [-0.05, 0) is 24.3 Å².